The minimum absolute atomic E-state index is 0.0116. The summed E-state index contributed by atoms with van der Waals surface area (Å²) in [6, 6.07) is 16.0. The standard InChI is InChI=1S/C26H32N4O2S/c1-17(2)15-22(26(3,4)24(32)28-25-29-27-16-33-25)20-11-7-18(8-12-20)19-9-13-21(14-10-19)23(31)30(5)6/h7-14,16-17,22H,15H2,1-6H3,(H,28,29,32). The van der Waals surface area contributed by atoms with E-state index in [1.165, 1.54) is 11.3 Å². The van der Waals surface area contributed by atoms with Crippen LogP contribution in [-0.2, 0) is 4.79 Å². The summed E-state index contributed by atoms with van der Waals surface area (Å²) in [6.07, 6.45) is 0.886. The SMILES string of the molecule is CC(C)CC(c1ccc(-c2ccc(C(=O)N(C)C)cc2)cc1)C(C)(C)C(=O)Nc1nncs1. The van der Waals surface area contributed by atoms with Crippen molar-refractivity contribution in [3.8, 4) is 11.1 Å². The third-order valence-electron chi connectivity index (χ3n) is 5.93. The molecule has 7 heteroatoms. The van der Waals surface area contributed by atoms with Crippen LogP contribution in [0, 0.1) is 11.3 Å². The first kappa shape index (κ1) is 24.6. The van der Waals surface area contributed by atoms with Crippen LogP contribution in [-0.4, -0.2) is 41.0 Å². The number of aromatic nitrogens is 2. The average Bonchev–Trinajstić information content (AvgIpc) is 3.30. The van der Waals surface area contributed by atoms with Crippen molar-refractivity contribution in [2.45, 2.75) is 40.0 Å². The third-order valence-corrected chi connectivity index (χ3v) is 6.54. The van der Waals surface area contributed by atoms with Gasteiger partial charge in [-0.25, -0.2) is 0 Å². The Balaban J connectivity index is 1.84. The number of nitrogens with one attached hydrogen (secondary N) is 1. The number of hydrogen-bond acceptors (Lipinski definition) is 5. The van der Waals surface area contributed by atoms with E-state index in [9.17, 15) is 9.59 Å². The first-order chi connectivity index (χ1) is 15.6. The minimum Gasteiger partial charge on any atom is -0.345 e. The van der Waals surface area contributed by atoms with Crippen LogP contribution in [0.4, 0.5) is 5.13 Å². The van der Waals surface area contributed by atoms with Gasteiger partial charge in [0.25, 0.3) is 5.91 Å². The van der Waals surface area contributed by atoms with Crippen LogP contribution in [0.3, 0.4) is 0 Å². The normalized spacial score (nSPS) is 12.5. The van der Waals surface area contributed by atoms with E-state index in [1.807, 2.05) is 38.1 Å². The molecule has 0 bridgehead atoms. The van der Waals surface area contributed by atoms with Crippen LogP contribution in [0.1, 0.15) is 56.0 Å². The largest absolute Gasteiger partial charge is 0.345 e. The van der Waals surface area contributed by atoms with Crippen molar-refractivity contribution in [1.82, 2.24) is 15.1 Å². The smallest absolute Gasteiger partial charge is 0.253 e. The van der Waals surface area contributed by atoms with Gasteiger partial charge in [0.15, 0.2) is 0 Å². The van der Waals surface area contributed by atoms with Crippen molar-refractivity contribution in [2.24, 2.45) is 11.3 Å². The minimum atomic E-state index is -0.633. The fraction of sp³-hybridized carbons (Fsp3) is 0.385. The number of anilines is 1. The van der Waals surface area contributed by atoms with Gasteiger partial charge in [-0.3, -0.25) is 9.59 Å². The van der Waals surface area contributed by atoms with E-state index in [2.05, 4.69) is 53.6 Å². The molecule has 1 heterocycles. The van der Waals surface area contributed by atoms with Gasteiger partial charge in [-0.1, -0.05) is 75.4 Å². The van der Waals surface area contributed by atoms with Crippen LogP contribution in [0.15, 0.2) is 54.0 Å². The molecule has 6 nitrogen and oxygen atoms in total. The Morgan fingerprint density at radius 2 is 1.58 bits per heavy atom. The summed E-state index contributed by atoms with van der Waals surface area (Å²) in [7, 11) is 3.50. The Morgan fingerprint density at radius 3 is 2.06 bits per heavy atom. The monoisotopic (exact) mass is 464 g/mol. The lowest BCUT2D eigenvalue weighted by molar-refractivity contribution is -0.125. The lowest BCUT2D eigenvalue weighted by Crippen LogP contribution is -2.37. The van der Waals surface area contributed by atoms with E-state index in [1.54, 1.807) is 24.5 Å². The highest BCUT2D eigenvalue weighted by Crippen LogP contribution is 2.41. The van der Waals surface area contributed by atoms with Crippen molar-refractivity contribution < 1.29 is 9.59 Å². The molecule has 2 aromatic carbocycles. The van der Waals surface area contributed by atoms with E-state index in [0.717, 1.165) is 23.1 Å². The van der Waals surface area contributed by atoms with Gasteiger partial charge < -0.3 is 10.2 Å². The first-order valence-corrected chi connectivity index (χ1v) is 12.0. The number of nitrogens with zero attached hydrogens (tertiary/aromatic N) is 3. The summed E-state index contributed by atoms with van der Waals surface area (Å²) in [5.41, 5.74) is 4.89. The highest BCUT2D eigenvalue weighted by atomic mass is 32.1. The zero-order valence-electron chi connectivity index (χ0n) is 20.1. The second-order valence-electron chi connectivity index (χ2n) is 9.50. The topological polar surface area (TPSA) is 75.2 Å². The Kier molecular flexibility index (Phi) is 7.64. The molecule has 0 spiro atoms. The predicted molar refractivity (Wildman–Crippen MR) is 134 cm³/mol. The Morgan fingerprint density at radius 1 is 1.00 bits per heavy atom. The molecule has 0 saturated carbocycles. The molecular formula is C26H32N4O2S. The van der Waals surface area contributed by atoms with Crippen molar-refractivity contribution in [3.63, 3.8) is 0 Å². The molecule has 1 unspecified atom stereocenters. The number of carbonyl (C=O) groups excluding carboxylic acids is 2. The number of amides is 2. The van der Waals surface area contributed by atoms with Gasteiger partial charge in [0.1, 0.15) is 5.51 Å². The first-order valence-electron chi connectivity index (χ1n) is 11.1. The maximum absolute atomic E-state index is 13.1. The molecule has 0 aliphatic rings. The molecule has 3 rings (SSSR count). The highest BCUT2D eigenvalue weighted by molar-refractivity contribution is 7.13. The Bertz CT molecular complexity index is 1070. The van der Waals surface area contributed by atoms with E-state index in [4.69, 9.17) is 0 Å². The summed E-state index contributed by atoms with van der Waals surface area (Å²) in [5.74, 6) is 0.405. The molecule has 1 atom stereocenters. The van der Waals surface area contributed by atoms with Crippen molar-refractivity contribution in [2.75, 3.05) is 19.4 Å². The van der Waals surface area contributed by atoms with Crippen LogP contribution in [0.2, 0.25) is 0 Å². The van der Waals surface area contributed by atoms with Gasteiger partial charge in [-0.05, 0) is 47.1 Å². The van der Waals surface area contributed by atoms with Gasteiger partial charge in [0, 0.05) is 19.7 Å². The molecule has 0 saturated heterocycles. The second-order valence-corrected chi connectivity index (χ2v) is 10.3. The molecule has 3 aromatic rings. The quantitative estimate of drug-likeness (QED) is 0.464. The van der Waals surface area contributed by atoms with Crippen molar-refractivity contribution >= 4 is 28.3 Å². The predicted octanol–water partition coefficient (Wildman–Crippen LogP) is 5.70. The van der Waals surface area contributed by atoms with Gasteiger partial charge in [-0.2, -0.15) is 0 Å². The summed E-state index contributed by atoms with van der Waals surface area (Å²) in [4.78, 5) is 26.9. The molecular weight excluding hydrogens is 432 g/mol. The number of benzene rings is 2. The number of hydrogen-bond donors (Lipinski definition) is 1. The van der Waals surface area contributed by atoms with Crippen LogP contribution in [0.25, 0.3) is 11.1 Å². The second kappa shape index (κ2) is 10.3. The Hall–Kier alpha value is -3.06. The zero-order chi connectivity index (χ0) is 24.2. The van der Waals surface area contributed by atoms with Gasteiger partial charge in [-0.15, -0.1) is 10.2 Å². The zero-order valence-corrected chi connectivity index (χ0v) is 20.9. The summed E-state index contributed by atoms with van der Waals surface area (Å²) in [5, 5.41) is 11.2. The number of rotatable bonds is 8. The van der Waals surface area contributed by atoms with Crippen LogP contribution >= 0.6 is 11.3 Å². The van der Waals surface area contributed by atoms with Gasteiger partial charge in [0.2, 0.25) is 11.0 Å². The van der Waals surface area contributed by atoms with Crippen molar-refractivity contribution in [1.29, 1.82) is 0 Å². The lowest BCUT2D eigenvalue weighted by atomic mass is 9.70. The molecule has 0 aliphatic heterocycles. The van der Waals surface area contributed by atoms with Crippen LogP contribution < -0.4 is 5.32 Å². The maximum atomic E-state index is 13.1. The van der Waals surface area contributed by atoms with Crippen LogP contribution in [0.5, 0.6) is 0 Å². The molecule has 0 radical (unpaired) electrons. The Labute approximate surface area is 200 Å². The van der Waals surface area contributed by atoms with E-state index in [-0.39, 0.29) is 17.7 Å². The van der Waals surface area contributed by atoms with E-state index >= 15 is 0 Å². The number of carbonyl (C=O) groups is 2. The molecule has 1 N–H and O–H groups in total. The summed E-state index contributed by atoms with van der Waals surface area (Å²) in [6.45, 7) is 8.34. The molecule has 33 heavy (non-hydrogen) atoms. The van der Waals surface area contributed by atoms with Gasteiger partial charge in [0.05, 0.1) is 5.41 Å². The van der Waals surface area contributed by atoms with Gasteiger partial charge >= 0.3 is 0 Å². The molecule has 174 valence electrons. The third kappa shape index (κ3) is 5.85. The summed E-state index contributed by atoms with van der Waals surface area (Å²) >= 11 is 1.31. The molecule has 0 aliphatic carbocycles. The van der Waals surface area contributed by atoms with E-state index < -0.39 is 5.41 Å². The molecule has 0 fully saturated rings. The lowest BCUT2D eigenvalue weighted by Gasteiger charge is -2.34. The average molecular weight is 465 g/mol. The van der Waals surface area contributed by atoms with E-state index in [0.29, 0.717) is 16.6 Å². The molecule has 2 amide bonds. The fourth-order valence-corrected chi connectivity index (χ4v) is 4.37. The highest BCUT2D eigenvalue weighted by Gasteiger charge is 2.38. The summed E-state index contributed by atoms with van der Waals surface area (Å²) < 4.78 is 0. The van der Waals surface area contributed by atoms with Crippen molar-refractivity contribution in [3.05, 3.63) is 65.2 Å². The molecule has 1 aromatic heterocycles. The fourth-order valence-electron chi connectivity index (χ4n) is 3.93. The maximum Gasteiger partial charge on any atom is 0.253 e.